The Labute approximate surface area is 237 Å². The molecule has 1 aliphatic rings. The molecule has 1 fully saturated rings. The quantitative estimate of drug-likeness (QED) is 0.244. The van der Waals surface area contributed by atoms with Crippen LogP contribution in [0.4, 0.5) is 13.2 Å². The molecule has 0 bridgehead atoms. The van der Waals surface area contributed by atoms with Gasteiger partial charge in [0.05, 0.1) is 33.8 Å². The molecule has 6 nitrogen and oxygen atoms in total. The van der Waals surface area contributed by atoms with Gasteiger partial charge in [-0.15, -0.1) is 0 Å². The van der Waals surface area contributed by atoms with Crippen molar-refractivity contribution in [1.82, 2.24) is 9.78 Å². The molecule has 40 heavy (non-hydrogen) atoms. The molecule has 0 amide bonds. The predicted octanol–water partition coefficient (Wildman–Crippen LogP) is 8.37. The number of carbonyl (C=O) groups is 2. The lowest BCUT2D eigenvalue weighted by Crippen LogP contribution is -2.20. The number of benzene rings is 3. The third-order valence-electron chi connectivity index (χ3n) is 7.05. The van der Waals surface area contributed by atoms with E-state index in [2.05, 4.69) is 5.10 Å². The Morgan fingerprint density at radius 1 is 1.02 bits per heavy atom. The fourth-order valence-electron chi connectivity index (χ4n) is 5.06. The highest BCUT2D eigenvalue weighted by molar-refractivity contribution is 6.34. The molecule has 0 saturated heterocycles. The van der Waals surface area contributed by atoms with Crippen LogP contribution in [0.15, 0.2) is 54.6 Å². The first kappa shape index (κ1) is 28.0. The van der Waals surface area contributed by atoms with Crippen molar-refractivity contribution in [2.75, 3.05) is 6.61 Å². The van der Waals surface area contributed by atoms with E-state index < -0.39 is 29.2 Å². The number of hydrogen-bond donors (Lipinski definition) is 1. The topological polar surface area (TPSA) is 81.4 Å². The van der Waals surface area contributed by atoms with Crippen molar-refractivity contribution < 1.29 is 32.6 Å². The third kappa shape index (κ3) is 5.53. The molecule has 0 unspecified atom stereocenters. The molecule has 1 heterocycles. The van der Waals surface area contributed by atoms with E-state index in [9.17, 15) is 27.9 Å². The summed E-state index contributed by atoms with van der Waals surface area (Å²) in [5, 5.41) is 14.3. The van der Waals surface area contributed by atoms with Crippen molar-refractivity contribution in [2.45, 2.75) is 38.3 Å². The summed E-state index contributed by atoms with van der Waals surface area (Å²) in [4.78, 5) is 25.3. The lowest BCUT2D eigenvalue weighted by Gasteiger charge is -2.22. The number of aromatic nitrogens is 2. The van der Waals surface area contributed by atoms with Crippen LogP contribution in [0, 0.1) is 5.92 Å². The van der Waals surface area contributed by atoms with Gasteiger partial charge in [0.1, 0.15) is 11.4 Å². The van der Waals surface area contributed by atoms with Crippen LogP contribution in [0.3, 0.4) is 0 Å². The van der Waals surface area contributed by atoms with Crippen LogP contribution in [-0.2, 0) is 6.18 Å². The number of carbonyl (C=O) groups excluding carboxylic acids is 1. The summed E-state index contributed by atoms with van der Waals surface area (Å²) >= 11 is 12.4. The number of alkyl halides is 3. The van der Waals surface area contributed by atoms with E-state index in [1.165, 1.54) is 42.5 Å². The summed E-state index contributed by atoms with van der Waals surface area (Å²) in [6.45, 7) is 0.364. The Hall–Kier alpha value is -3.56. The number of nitrogens with zero attached hydrogens (tertiary/aromatic N) is 2. The number of fused-ring (bicyclic) bond motifs is 1. The zero-order valence-corrected chi connectivity index (χ0v) is 22.5. The summed E-state index contributed by atoms with van der Waals surface area (Å²) in [5.41, 5.74) is -1.18. The predicted molar refractivity (Wildman–Crippen MR) is 145 cm³/mol. The van der Waals surface area contributed by atoms with Gasteiger partial charge in [-0.1, -0.05) is 48.5 Å². The number of rotatable bonds is 6. The molecule has 11 heteroatoms. The van der Waals surface area contributed by atoms with Crippen molar-refractivity contribution in [3.8, 4) is 17.0 Å². The Kier molecular flexibility index (Phi) is 7.79. The van der Waals surface area contributed by atoms with Crippen LogP contribution < -0.4 is 4.74 Å². The minimum absolute atomic E-state index is 0.00822. The minimum Gasteiger partial charge on any atom is -0.493 e. The fraction of sp³-hybridized carbons (Fsp3) is 0.276. The van der Waals surface area contributed by atoms with Gasteiger partial charge in [-0.2, -0.15) is 23.0 Å². The molecule has 3 aromatic carbocycles. The Bertz CT molecular complexity index is 1610. The molecule has 208 valence electrons. The number of aromatic carboxylic acids is 1. The van der Waals surface area contributed by atoms with Gasteiger partial charge < -0.3 is 9.84 Å². The highest BCUT2D eigenvalue weighted by Gasteiger charge is 2.37. The van der Waals surface area contributed by atoms with Gasteiger partial charge in [0.15, 0.2) is 0 Å². The zero-order chi connectivity index (χ0) is 28.6. The zero-order valence-electron chi connectivity index (χ0n) is 21.0. The first-order valence-electron chi connectivity index (χ1n) is 12.6. The van der Waals surface area contributed by atoms with E-state index in [1.807, 2.05) is 0 Å². The van der Waals surface area contributed by atoms with Crippen molar-refractivity contribution in [1.29, 1.82) is 0 Å². The molecule has 4 aromatic rings. The smallest absolute Gasteiger partial charge is 0.417 e. The van der Waals surface area contributed by atoms with Crippen molar-refractivity contribution >= 4 is 46.0 Å². The van der Waals surface area contributed by atoms with E-state index in [0.717, 1.165) is 48.9 Å². The molecular weight excluding hydrogens is 568 g/mol. The Balaban J connectivity index is 1.66. The van der Waals surface area contributed by atoms with Crippen LogP contribution in [0.2, 0.25) is 10.0 Å². The van der Waals surface area contributed by atoms with Crippen LogP contribution in [-0.4, -0.2) is 33.4 Å². The van der Waals surface area contributed by atoms with Crippen molar-refractivity contribution in [3.05, 3.63) is 81.3 Å². The molecule has 1 aliphatic carbocycles. The Morgan fingerprint density at radius 3 is 2.48 bits per heavy atom. The van der Waals surface area contributed by atoms with Gasteiger partial charge in [0, 0.05) is 16.0 Å². The lowest BCUT2D eigenvalue weighted by atomic mass is 9.90. The van der Waals surface area contributed by atoms with E-state index in [0.29, 0.717) is 28.5 Å². The monoisotopic (exact) mass is 590 g/mol. The van der Waals surface area contributed by atoms with Gasteiger partial charge in [-0.3, -0.25) is 4.79 Å². The average molecular weight is 591 g/mol. The maximum absolute atomic E-state index is 13.8. The molecule has 0 radical (unpaired) electrons. The number of carboxylic acid groups (broad SMARTS) is 1. The number of hydrogen-bond acceptors (Lipinski definition) is 4. The summed E-state index contributed by atoms with van der Waals surface area (Å²) < 4.78 is 48.4. The lowest BCUT2D eigenvalue weighted by molar-refractivity contribution is -0.137. The van der Waals surface area contributed by atoms with Crippen molar-refractivity contribution in [3.63, 3.8) is 0 Å². The third-order valence-corrected chi connectivity index (χ3v) is 7.60. The molecule has 1 aromatic heterocycles. The second-order valence-corrected chi connectivity index (χ2v) is 10.6. The normalized spacial score (nSPS) is 14.4. The minimum atomic E-state index is -4.84. The summed E-state index contributed by atoms with van der Waals surface area (Å²) in [6, 6.07) is 11.9. The standard InChI is InChI=1S/C29H23Cl2F3N2O4/c30-18-10-12-23-20(14-18)26(35-36(23)27(37)25-21(29(32,33)34)7-4-8-22(25)31)19-11-9-17(28(38)39)13-24(19)40-15-16-5-2-1-3-6-16/h4,7-14,16H,1-3,5-6,15H2,(H,38,39). The molecular formula is C29H23Cl2F3N2O4. The van der Waals surface area contributed by atoms with E-state index in [1.54, 1.807) is 0 Å². The highest BCUT2D eigenvalue weighted by atomic mass is 35.5. The summed E-state index contributed by atoms with van der Waals surface area (Å²) in [6.07, 6.45) is 0.499. The first-order valence-corrected chi connectivity index (χ1v) is 13.4. The maximum Gasteiger partial charge on any atom is 0.417 e. The van der Waals surface area contributed by atoms with Crippen LogP contribution in [0.5, 0.6) is 5.75 Å². The summed E-state index contributed by atoms with van der Waals surface area (Å²) in [5.74, 6) is -1.69. The van der Waals surface area contributed by atoms with Crippen LogP contribution >= 0.6 is 23.2 Å². The first-order chi connectivity index (χ1) is 19.0. The number of ether oxygens (including phenoxy) is 1. The van der Waals surface area contributed by atoms with Crippen LogP contribution in [0.1, 0.15) is 58.4 Å². The van der Waals surface area contributed by atoms with Gasteiger partial charge >= 0.3 is 12.1 Å². The van der Waals surface area contributed by atoms with Gasteiger partial charge in [0.25, 0.3) is 5.91 Å². The van der Waals surface area contributed by atoms with E-state index >= 15 is 0 Å². The maximum atomic E-state index is 13.8. The molecule has 0 aliphatic heterocycles. The van der Waals surface area contributed by atoms with Gasteiger partial charge in [-0.25, -0.2) is 4.79 Å². The molecule has 5 rings (SSSR count). The highest BCUT2D eigenvalue weighted by Crippen LogP contribution is 2.39. The fourth-order valence-corrected chi connectivity index (χ4v) is 5.49. The van der Waals surface area contributed by atoms with Crippen molar-refractivity contribution in [2.24, 2.45) is 5.92 Å². The molecule has 0 spiro atoms. The number of halogens is 5. The number of carboxylic acids is 1. The second-order valence-electron chi connectivity index (χ2n) is 9.72. The Morgan fingerprint density at radius 2 is 1.77 bits per heavy atom. The van der Waals surface area contributed by atoms with E-state index in [4.69, 9.17) is 27.9 Å². The molecule has 0 atom stereocenters. The second kappa shape index (κ2) is 11.1. The van der Waals surface area contributed by atoms with Crippen LogP contribution in [0.25, 0.3) is 22.2 Å². The molecule has 1 saturated carbocycles. The molecule has 1 N–H and O–H groups in total. The summed E-state index contributed by atoms with van der Waals surface area (Å²) in [7, 11) is 0. The largest absolute Gasteiger partial charge is 0.493 e. The van der Waals surface area contributed by atoms with Gasteiger partial charge in [0.2, 0.25) is 0 Å². The van der Waals surface area contributed by atoms with Gasteiger partial charge in [-0.05, 0) is 67.3 Å². The van der Waals surface area contributed by atoms with E-state index in [-0.39, 0.29) is 27.5 Å². The SMILES string of the molecule is O=C(O)c1ccc(-c2nn(C(=O)c3c(Cl)cccc3C(F)(F)F)c3ccc(Cl)cc23)c(OCC2CCCCC2)c1. The average Bonchev–Trinajstić information content (AvgIpc) is 3.29.